The van der Waals surface area contributed by atoms with Gasteiger partial charge in [0.2, 0.25) is 23.6 Å². The number of ether oxygens (including phenoxy) is 2. The van der Waals surface area contributed by atoms with Crippen LogP contribution < -0.4 is 14.8 Å². The van der Waals surface area contributed by atoms with Crippen LogP contribution in [-0.2, 0) is 4.79 Å². The van der Waals surface area contributed by atoms with Crippen molar-refractivity contribution < 1.29 is 14.3 Å². The number of amides is 1. The highest BCUT2D eigenvalue weighted by atomic mass is 32.2. The smallest absolute Gasteiger partial charge is 0.237 e. The number of thioether (sulfide) groups is 1. The average molecular weight is 335 g/mol. The van der Waals surface area contributed by atoms with Gasteiger partial charge in [-0.05, 0) is 19.9 Å². The second kappa shape index (κ2) is 7.73. The van der Waals surface area contributed by atoms with E-state index < -0.39 is 0 Å². The molecular formula is C14H17N5O3S. The van der Waals surface area contributed by atoms with Crippen LogP contribution in [0, 0.1) is 13.8 Å². The summed E-state index contributed by atoms with van der Waals surface area (Å²) in [5.41, 5.74) is 1.72. The van der Waals surface area contributed by atoms with E-state index in [0.717, 1.165) is 11.4 Å². The Balaban J connectivity index is 1.99. The fraction of sp³-hybridized carbons (Fsp3) is 0.357. The molecule has 0 aliphatic heterocycles. The molecule has 0 aromatic carbocycles. The Kier molecular flexibility index (Phi) is 5.69. The van der Waals surface area contributed by atoms with E-state index in [-0.39, 0.29) is 17.6 Å². The second-order valence-corrected chi connectivity index (χ2v) is 5.49. The van der Waals surface area contributed by atoms with Gasteiger partial charge in [0.25, 0.3) is 0 Å². The van der Waals surface area contributed by atoms with Crippen LogP contribution in [0.15, 0.2) is 17.3 Å². The molecule has 2 aromatic heterocycles. The summed E-state index contributed by atoms with van der Waals surface area (Å²) >= 11 is 1.24. The molecule has 0 saturated heterocycles. The zero-order chi connectivity index (χ0) is 16.8. The van der Waals surface area contributed by atoms with Gasteiger partial charge < -0.3 is 9.47 Å². The van der Waals surface area contributed by atoms with E-state index in [1.165, 1.54) is 32.0 Å². The first-order valence-corrected chi connectivity index (χ1v) is 7.70. The lowest BCUT2D eigenvalue weighted by Crippen LogP contribution is -2.17. The van der Waals surface area contributed by atoms with Gasteiger partial charge in [-0.3, -0.25) is 10.1 Å². The molecule has 2 aromatic rings. The number of nitrogens with one attached hydrogen (secondary N) is 1. The number of rotatable bonds is 6. The number of aryl methyl sites for hydroxylation is 2. The van der Waals surface area contributed by atoms with Gasteiger partial charge in [-0.2, -0.15) is 9.97 Å². The van der Waals surface area contributed by atoms with Gasteiger partial charge in [-0.15, -0.1) is 0 Å². The van der Waals surface area contributed by atoms with E-state index in [1.54, 1.807) is 0 Å². The van der Waals surface area contributed by atoms with Crippen molar-refractivity contribution in [3.05, 3.63) is 23.5 Å². The Bertz CT molecular complexity index is 668. The lowest BCUT2D eigenvalue weighted by atomic mass is 10.4. The standard InChI is InChI=1S/C14H17N5O3S/c1-8-5-9(2)16-14(15-8)23-7-10(20)17-13-18-11(21-3)6-12(19-13)22-4/h5-6H,7H2,1-4H3,(H,17,18,19,20). The lowest BCUT2D eigenvalue weighted by molar-refractivity contribution is -0.113. The predicted octanol–water partition coefficient (Wildman–Crippen LogP) is 1.63. The number of hydrogen-bond acceptors (Lipinski definition) is 8. The van der Waals surface area contributed by atoms with Crippen LogP contribution in [0.2, 0.25) is 0 Å². The summed E-state index contributed by atoms with van der Waals surface area (Å²) in [4.78, 5) is 28.6. The number of nitrogens with zero attached hydrogens (tertiary/aromatic N) is 4. The molecule has 0 fully saturated rings. The predicted molar refractivity (Wildman–Crippen MR) is 86.0 cm³/mol. The SMILES string of the molecule is COc1cc(OC)nc(NC(=O)CSc2nc(C)cc(C)n2)n1. The monoisotopic (exact) mass is 335 g/mol. The van der Waals surface area contributed by atoms with Crippen molar-refractivity contribution >= 4 is 23.6 Å². The summed E-state index contributed by atoms with van der Waals surface area (Å²) in [6, 6.07) is 3.40. The van der Waals surface area contributed by atoms with E-state index in [1.807, 2.05) is 19.9 Å². The molecule has 0 aliphatic carbocycles. The summed E-state index contributed by atoms with van der Waals surface area (Å²) in [7, 11) is 2.95. The van der Waals surface area contributed by atoms with E-state index in [0.29, 0.717) is 16.9 Å². The van der Waals surface area contributed by atoms with Crippen molar-refractivity contribution in [3.63, 3.8) is 0 Å². The Morgan fingerprint density at radius 2 is 1.61 bits per heavy atom. The molecule has 1 amide bonds. The van der Waals surface area contributed by atoms with Crippen LogP contribution in [0.1, 0.15) is 11.4 Å². The fourth-order valence-corrected chi connectivity index (χ4v) is 2.47. The number of carbonyl (C=O) groups excluding carboxylic acids is 1. The molecule has 0 atom stereocenters. The van der Waals surface area contributed by atoms with Crippen molar-refractivity contribution in [2.24, 2.45) is 0 Å². The van der Waals surface area contributed by atoms with Gasteiger partial charge in [-0.25, -0.2) is 9.97 Å². The number of anilines is 1. The molecule has 0 radical (unpaired) electrons. The van der Waals surface area contributed by atoms with E-state index >= 15 is 0 Å². The van der Waals surface area contributed by atoms with Crippen LogP contribution in [0.4, 0.5) is 5.95 Å². The van der Waals surface area contributed by atoms with Gasteiger partial charge in [0.15, 0.2) is 5.16 Å². The van der Waals surface area contributed by atoms with Gasteiger partial charge >= 0.3 is 0 Å². The molecule has 1 N–H and O–H groups in total. The van der Waals surface area contributed by atoms with Gasteiger partial charge in [0.1, 0.15) is 0 Å². The topological polar surface area (TPSA) is 99.1 Å². The maximum absolute atomic E-state index is 12.0. The minimum Gasteiger partial charge on any atom is -0.481 e. The van der Waals surface area contributed by atoms with Gasteiger partial charge in [-0.1, -0.05) is 11.8 Å². The summed E-state index contributed by atoms with van der Waals surface area (Å²) in [6.45, 7) is 3.77. The third-order valence-corrected chi connectivity index (χ3v) is 3.49. The van der Waals surface area contributed by atoms with Crippen LogP contribution in [0.25, 0.3) is 0 Å². The molecule has 0 saturated carbocycles. The van der Waals surface area contributed by atoms with Crippen LogP contribution in [-0.4, -0.2) is 45.8 Å². The molecule has 0 unspecified atom stereocenters. The Hall–Kier alpha value is -2.42. The molecule has 0 bridgehead atoms. The summed E-state index contributed by atoms with van der Waals surface area (Å²) < 4.78 is 10.1. The lowest BCUT2D eigenvalue weighted by Gasteiger charge is -2.07. The van der Waals surface area contributed by atoms with Crippen molar-refractivity contribution in [1.29, 1.82) is 0 Å². The van der Waals surface area contributed by atoms with E-state index in [9.17, 15) is 4.79 Å². The molecule has 8 nitrogen and oxygen atoms in total. The quantitative estimate of drug-likeness (QED) is 0.628. The van der Waals surface area contributed by atoms with Crippen molar-refractivity contribution in [2.45, 2.75) is 19.0 Å². The van der Waals surface area contributed by atoms with E-state index in [4.69, 9.17) is 9.47 Å². The molecule has 0 spiro atoms. The van der Waals surface area contributed by atoms with E-state index in [2.05, 4.69) is 25.3 Å². The van der Waals surface area contributed by atoms with Gasteiger partial charge in [0, 0.05) is 11.4 Å². The maximum Gasteiger partial charge on any atom is 0.237 e. The molecular weight excluding hydrogens is 318 g/mol. The summed E-state index contributed by atoms with van der Waals surface area (Å²) in [5, 5.41) is 3.15. The Morgan fingerprint density at radius 3 is 2.13 bits per heavy atom. The highest BCUT2D eigenvalue weighted by Crippen LogP contribution is 2.18. The minimum absolute atomic E-state index is 0.119. The zero-order valence-electron chi connectivity index (χ0n) is 13.3. The Morgan fingerprint density at radius 1 is 1.04 bits per heavy atom. The highest BCUT2D eigenvalue weighted by Gasteiger charge is 2.10. The first kappa shape index (κ1) is 16.9. The first-order valence-electron chi connectivity index (χ1n) is 6.72. The number of methoxy groups -OCH3 is 2. The number of aromatic nitrogens is 4. The summed E-state index contributed by atoms with van der Waals surface area (Å²) in [5.74, 6) is 0.599. The fourth-order valence-electron chi connectivity index (χ4n) is 1.72. The molecule has 122 valence electrons. The maximum atomic E-state index is 12.0. The molecule has 2 rings (SSSR count). The largest absolute Gasteiger partial charge is 0.481 e. The molecule has 23 heavy (non-hydrogen) atoms. The van der Waals surface area contributed by atoms with Crippen molar-refractivity contribution in [2.75, 3.05) is 25.3 Å². The molecule has 9 heteroatoms. The zero-order valence-corrected chi connectivity index (χ0v) is 14.1. The normalized spacial score (nSPS) is 10.3. The summed E-state index contributed by atoms with van der Waals surface area (Å²) in [6.07, 6.45) is 0. The minimum atomic E-state index is -0.270. The average Bonchev–Trinajstić information content (AvgIpc) is 2.51. The molecule has 0 aliphatic rings. The van der Waals surface area contributed by atoms with Crippen LogP contribution in [0.5, 0.6) is 11.8 Å². The number of carbonyl (C=O) groups is 1. The third kappa shape index (κ3) is 5.06. The Labute approximate surface area is 138 Å². The third-order valence-electron chi connectivity index (χ3n) is 2.64. The van der Waals surface area contributed by atoms with Crippen LogP contribution in [0.3, 0.4) is 0 Å². The number of hydrogen-bond donors (Lipinski definition) is 1. The first-order chi connectivity index (χ1) is 11.0. The van der Waals surface area contributed by atoms with Gasteiger partial charge in [0.05, 0.1) is 26.0 Å². The van der Waals surface area contributed by atoms with Crippen LogP contribution >= 0.6 is 11.8 Å². The van der Waals surface area contributed by atoms with Crippen molar-refractivity contribution in [1.82, 2.24) is 19.9 Å². The molecule has 2 heterocycles. The second-order valence-electron chi connectivity index (χ2n) is 4.55. The highest BCUT2D eigenvalue weighted by molar-refractivity contribution is 7.99. The van der Waals surface area contributed by atoms with Crippen molar-refractivity contribution in [3.8, 4) is 11.8 Å².